The molecule has 1 aromatic carbocycles. The van der Waals surface area contributed by atoms with E-state index in [1.807, 2.05) is 7.05 Å². The molecule has 1 aromatic heterocycles. The number of nitrogens with one attached hydrogen (secondary N) is 1. The van der Waals surface area contributed by atoms with Crippen molar-refractivity contribution in [3.63, 3.8) is 0 Å². The predicted molar refractivity (Wildman–Crippen MR) is 95.2 cm³/mol. The zero-order valence-corrected chi connectivity index (χ0v) is 14.7. The minimum atomic E-state index is -0.0991. The summed E-state index contributed by atoms with van der Waals surface area (Å²) in [6.45, 7) is 3.13. The summed E-state index contributed by atoms with van der Waals surface area (Å²) < 4.78 is 0. The minimum absolute atomic E-state index is 0.0991. The van der Waals surface area contributed by atoms with Gasteiger partial charge in [0.15, 0.2) is 11.5 Å². The number of para-hydroxylation sites is 1. The van der Waals surface area contributed by atoms with E-state index in [-0.39, 0.29) is 5.91 Å². The summed E-state index contributed by atoms with van der Waals surface area (Å²) in [6.07, 6.45) is 0. The van der Waals surface area contributed by atoms with Crippen molar-refractivity contribution in [2.75, 3.05) is 38.5 Å². The number of nitrogens with zero attached hydrogens (tertiary/aromatic N) is 4. The second kappa shape index (κ2) is 7.34. The Morgan fingerprint density at radius 3 is 2.29 bits per heavy atom. The third kappa shape index (κ3) is 3.77. The molecule has 0 saturated carbocycles. The van der Waals surface area contributed by atoms with Crippen molar-refractivity contribution >= 4 is 40.6 Å². The van der Waals surface area contributed by atoms with E-state index < -0.39 is 0 Å². The first kappa shape index (κ1) is 17.0. The van der Waals surface area contributed by atoms with Gasteiger partial charge in [-0.2, -0.15) is 0 Å². The molecule has 1 fully saturated rings. The quantitative estimate of drug-likeness (QED) is 0.905. The predicted octanol–water partition coefficient (Wildman–Crippen LogP) is 2.91. The van der Waals surface area contributed by atoms with Gasteiger partial charge in [0.25, 0.3) is 5.91 Å². The van der Waals surface area contributed by atoms with Crippen molar-refractivity contribution in [1.82, 2.24) is 20.0 Å². The lowest BCUT2D eigenvalue weighted by Gasteiger charge is -2.32. The highest BCUT2D eigenvalue weighted by atomic mass is 35.5. The monoisotopic (exact) mass is 365 g/mol. The zero-order chi connectivity index (χ0) is 17.1. The van der Waals surface area contributed by atoms with E-state index in [1.54, 1.807) is 35.2 Å². The third-order valence-electron chi connectivity index (χ3n) is 3.89. The number of carbonyl (C=O) groups is 1. The van der Waals surface area contributed by atoms with Crippen molar-refractivity contribution < 1.29 is 4.79 Å². The van der Waals surface area contributed by atoms with Crippen LogP contribution < -0.4 is 5.32 Å². The summed E-state index contributed by atoms with van der Waals surface area (Å²) in [5, 5.41) is 12.1. The highest BCUT2D eigenvalue weighted by Crippen LogP contribution is 2.31. The van der Waals surface area contributed by atoms with Gasteiger partial charge in [-0.05, 0) is 31.3 Å². The molecule has 3 rings (SSSR count). The molecule has 1 aliphatic rings. The average Bonchev–Trinajstić information content (AvgIpc) is 2.59. The molecule has 0 radical (unpaired) electrons. The van der Waals surface area contributed by atoms with E-state index in [9.17, 15) is 4.79 Å². The number of benzene rings is 1. The van der Waals surface area contributed by atoms with Gasteiger partial charge >= 0.3 is 0 Å². The number of piperazine rings is 1. The van der Waals surface area contributed by atoms with Crippen LogP contribution in [0.2, 0.25) is 10.0 Å². The largest absolute Gasteiger partial charge is 0.336 e. The molecule has 8 heteroatoms. The average molecular weight is 366 g/mol. The molecular weight excluding hydrogens is 349 g/mol. The smallest absolute Gasteiger partial charge is 0.274 e. The van der Waals surface area contributed by atoms with Crippen LogP contribution in [0.3, 0.4) is 0 Å². The highest BCUT2D eigenvalue weighted by Gasteiger charge is 2.21. The second-order valence-corrected chi connectivity index (χ2v) is 6.44. The molecule has 0 atom stereocenters. The Kier molecular flexibility index (Phi) is 5.18. The van der Waals surface area contributed by atoms with Crippen molar-refractivity contribution in [2.45, 2.75) is 0 Å². The van der Waals surface area contributed by atoms with Gasteiger partial charge in [0.2, 0.25) is 0 Å². The number of anilines is 2. The van der Waals surface area contributed by atoms with Crippen LogP contribution in [0.1, 0.15) is 10.5 Å². The molecule has 24 heavy (non-hydrogen) atoms. The molecule has 126 valence electrons. The molecule has 2 aromatic rings. The first-order valence-corrected chi connectivity index (χ1v) is 8.33. The number of hydrogen-bond acceptors (Lipinski definition) is 5. The normalized spacial score (nSPS) is 15.4. The number of rotatable bonds is 3. The maximum Gasteiger partial charge on any atom is 0.274 e. The zero-order valence-electron chi connectivity index (χ0n) is 13.2. The summed E-state index contributed by atoms with van der Waals surface area (Å²) >= 11 is 12.2. The molecule has 1 saturated heterocycles. The Bertz CT molecular complexity index is 709. The summed E-state index contributed by atoms with van der Waals surface area (Å²) in [5.74, 6) is 0.373. The Balaban J connectivity index is 1.70. The SMILES string of the molecule is CN1CCN(C(=O)c2ccc(Nc3c(Cl)cccc3Cl)nn2)CC1. The number of carbonyl (C=O) groups excluding carboxylic acids is 1. The van der Waals surface area contributed by atoms with Crippen LogP contribution in [0.5, 0.6) is 0 Å². The molecule has 0 unspecified atom stereocenters. The molecule has 6 nitrogen and oxygen atoms in total. The standard InChI is InChI=1S/C16H17Cl2N5O/c1-22-7-9-23(10-8-22)16(24)13-5-6-14(21-20-13)19-15-11(17)3-2-4-12(15)18/h2-6H,7-10H2,1H3,(H,19,21). The summed E-state index contributed by atoms with van der Waals surface area (Å²) in [7, 11) is 2.04. The van der Waals surface area contributed by atoms with Crippen molar-refractivity contribution in [1.29, 1.82) is 0 Å². The maximum absolute atomic E-state index is 12.4. The molecule has 2 heterocycles. The van der Waals surface area contributed by atoms with E-state index in [4.69, 9.17) is 23.2 Å². The first-order chi connectivity index (χ1) is 11.5. The van der Waals surface area contributed by atoms with E-state index in [0.29, 0.717) is 40.3 Å². The third-order valence-corrected chi connectivity index (χ3v) is 4.52. The van der Waals surface area contributed by atoms with Crippen LogP contribution in [0.25, 0.3) is 0 Å². The fourth-order valence-corrected chi connectivity index (χ4v) is 2.92. The van der Waals surface area contributed by atoms with E-state index in [0.717, 1.165) is 13.1 Å². The molecule has 1 amide bonds. The molecular formula is C16H17Cl2N5O. The Morgan fingerprint density at radius 1 is 1.04 bits per heavy atom. The molecule has 0 aliphatic carbocycles. The van der Waals surface area contributed by atoms with Crippen LogP contribution in [0, 0.1) is 0 Å². The molecule has 0 spiro atoms. The number of hydrogen-bond donors (Lipinski definition) is 1. The number of likely N-dealkylation sites (N-methyl/N-ethyl adjacent to an activating group) is 1. The molecule has 1 N–H and O–H groups in total. The lowest BCUT2D eigenvalue weighted by molar-refractivity contribution is 0.0657. The van der Waals surface area contributed by atoms with Crippen LogP contribution in [-0.4, -0.2) is 59.1 Å². The molecule has 0 bridgehead atoms. The lowest BCUT2D eigenvalue weighted by Crippen LogP contribution is -2.47. The van der Waals surface area contributed by atoms with Crippen LogP contribution in [-0.2, 0) is 0 Å². The topological polar surface area (TPSA) is 61.4 Å². The Morgan fingerprint density at radius 2 is 1.71 bits per heavy atom. The van der Waals surface area contributed by atoms with Crippen LogP contribution in [0.4, 0.5) is 11.5 Å². The summed E-state index contributed by atoms with van der Waals surface area (Å²) in [5.41, 5.74) is 0.892. The number of amides is 1. The fraction of sp³-hybridized carbons (Fsp3) is 0.312. The number of halogens is 2. The van der Waals surface area contributed by atoms with Gasteiger partial charge in [-0.1, -0.05) is 29.3 Å². The van der Waals surface area contributed by atoms with E-state index in [1.165, 1.54) is 0 Å². The Hall–Kier alpha value is -1.89. The molecule has 1 aliphatic heterocycles. The number of aromatic nitrogens is 2. The lowest BCUT2D eigenvalue weighted by atomic mass is 10.2. The minimum Gasteiger partial charge on any atom is -0.336 e. The Labute approximate surface area is 150 Å². The van der Waals surface area contributed by atoms with Gasteiger partial charge in [0, 0.05) is 26.2 Å². The first-order valence-electron chi connectivity index (χ1n) is 7.57. The van der Waals surface area contributed by atoms with Gasteiger partial charge in [0.05, 0.1) is 15.7 Å². The van der Waals surface area contributed by atoms with Crippen LogP contribution >= 0.6 is 23.2 Å². The van der Waals surface area contributed by atoms with Crippen molar-refractivity contribution in [3.8, 4) is 0 Å². The van der Waals surface area contributed by atoms with Crippen molar-refractivity contribution in [2.24, 2.45) is 0 Å². The summed E-state index contributed by atoms with van der Waals surface area (Å²) in [4.78, 5) is 16.4. The summed E-state index contributed by atoms with van der Waals surface area (Å²) in [6, 6.07) is 8.57. The van der Waals surface area contributed by atoms with Gasteiger partial charge in [-0.25, -0.2) is 0 Å². The fourth-order valence-electron chi connectivity index (χ4n) is 2.43. The van der Waals surface area contributed by atoms with Crippen LogP contribution in [0.15, 0.2) is 30.3 Å². The van der Waals surface area contributed by atoms with E-state index >= 15 is 0 Å². The highest BCUT2D eigenvalue weighted by molar-refractivity contribution is 6.39. The van der Waals surface area contributed by atoms with Gasteiger partial charge in [-0.15, -0.1) is 10.2 Å². The van der Waals surface area contributed by atoms with Gasteiger partial charge in [0.1, 0.15) is 0 Å². The van der Waals surface area contributed by atoms with Gasteiger partial charge in [-0.3, -0.25) is 4.79 Å². The van der Waals surface area contributed by atoms with Gasteiger partial charge < -0.3 is 15.1 Å². The second-order valence-electron chi connectivity index (χ2n) is 5.62. The van der Waals surface area contributed by atoms with Crippen molar-refractivity contribution in [3.05, 3.63) is 46.1 Å². The van der Waals surface area contributed by atoms with E-state index in [2.05, 4.69) is 20.4 Å². The maximum atomic E-state index is 12.4.